The molecule has 0 saturated heterocycles. The van der Waals surface area contributed by atoms with Crippen molar-refractivity contribution in [3.63, 3.8) is 0 Å². The fourth-order valence-electron chi connectivity index (χ4n) is 1.07. The average molecular weight is 288 g/mol. The molecule has 2 rings (SSSR count). The molecule has 4 heteroatoms. The summed E-state index contributed by atoms with van der Waals surface area (Å²) in [7, 11) is 0. The summed E-state index contributed by atoms with van der Waals surface area (Å²) in [5.41, 5.74) is 1.75. The first-order valence-electron chi connectivity index (χ1n) is 3.72. The quantitative estimate of drug-likeness (QED) is 0.803. The van der Waals surface area contributed by atoms with E-state index in [9.17, 15) is 4.39 Å². The number of benzene rings is 1. The van der Waals surface area contributed by atoms with Gasteiger partial charge < -0.3 is 0 Å². The molecule has 66 valence electrons. The lowest BCUT2D eigenvalue weighted by atomic mass is 10.1. The zero-order chi connectivity index (χ0) is 9.26. The largest absolute Gasteiger partial charge is 0.272 e. The number of nitrogens with zero attached hydrogens (tertiary/aromatic N) is 1. The van der Waals surface area contributed by atoms with Gasteiger partial charge in [-0.1, -0.05) is 0 Å². The van der Waals surface area contributed by atoms with Crippen LogP contribution in [0.3, 0.4) is 0 Å². The molecular weight excluding hydrogens is 282 g/mol. The number of halogens is 2. The van der Waals surface area contributed by atoms with Gasteiger partial charge in [0, 0.05) is 5.56 Å². The first kappa shape index (κ1) is 8.68. The highest BCUT2D eigenvalue weighted by atomic mass is 127. The molecule has 0 fully saturated rings. The summed E-state index contributed by atoms with van der Waals surface area (Å²) in [4.78, 5) is 0. The first-order chi connectivity index (χ1) is 6.25. The fraction of sp³-hybridized carbons (Fsp3) is 0. The van der Waals surface area contributed by atoms with E-state index in [1.165, 1.54) is 12.1 Å². The van der Waals surface area contributed by atoms with Crippen molar-refractivity contribution >= 4 is 22.6 Å². The topological polar surface area (TPSA) is 28.7 Å². The first-order valence-corrected chi connectivity index (χ1v) is 4.80. The molecule has 1 aromatic carbocycles. The number of nitrogens with one attached hydrogen (secondary N) is 1. The van der Waals surface area contributed by atoms with Gasteiger partial charge in [0.05, 0.1) is 9.39 Å². The van der Waals surface area contributed by atoms with E-state index in [-0.39, 0.29) is 5.82 Å². The minimum atomic E-state index is -0.228. The molecule has 1 heterocycles. The van der Waals surface area contributed by atoms with Crippen molar-refractivity contribution in [1.82, 2.24) is 10.2 Å². The van der Waals surface area contributed by atoms with Gasteiger partial charge in [0.1, 0.15) is 5.82 Å². The van der Waals surface area contributed by atoms with Gasteiger partial charge in [0.15, 0.2) is 0 Å². The van der Waals surface area contributed by atoms with Crippen molar-refractivity contribution in [3.05, 3.63) is 39.8 Å². The van der Waals surface area contributed by atoms with Gasteiger partial charge in [0.25, 0.3) is 0 Å². The standard InChI is InChI=1S/C9H6FIN2/c10-7-3-1-6(2-4-7)8-5-9(11)13-12-8/h1-5H,(H,12,13). The number of hydrogen-bond donors (Lipinski definition) is 1. The smallest absolute Gasteiger partial charge is 0.123 e. The molecule has 0 saturated carbocycles. The molecule has 0 bridgehead atoms. The van der Waals surface area contributed by atoms with Gasteiger partial charge in [0.2, 0.25) is 0 Å². The molecule has 2 nitrogen and oxygen atoms in total. The van der Waals surface area contributed by atoms with Crippen LogP contribution in [0.4, 0.5) is 4.39 Å². The number of rotatable bonds is 1. The van der Waals surface area contributed by atoms with Gasteiger partial charge >= 0.3 is 0 Å². The van der Waals surface area contributed by atoms with Crippen LogP contribution in [0.5, 0.6) is 0 Å². The number of H-pyrrole nitrogens is 1. The Bertz CT molecular complexity index is 408. The summed E-state index contributed by atoms with van der Waals surface area (Å²) in [5.74, 6) is -0.228. The number of hydrogen-bond acceptors (Lipinski definition) is 1. The summed E-state index contributed by atoms with van der Waals surface area (Å²) in [6, 6.07) is 8.19. The second-order valence-corrected chi connectivity index (χ2v) is 3.77. The van der Waals surface area contributed by atoms with Crippen molar-refractivity contribution in [3.8, 4) is 11.3 Å². The molecular formula is C9H6FIN2. The Kier molecular flexibility index (Phi) is 2.30. The maximum absolute atomic E-state index is 12.6. The number of aromatic nitrogens is 2. The molecule has 2 aromatic rings. The third-order valence-electron chi connectivity index (χ3n) is 1.69. The molecule has 0 amide bonds. The van der Waals surface area contributed by atoms with E-state index in [2.05, 4.69) is 32.8 Å². The normalized spacial score (nSPS) is 10.3. The predicted molar refractivity (Wildman–Crippen MR) is 56.7 cm³/mol. The highest BCUT2D eigenvalue weighted by Crippen LogP contribution is 2.18. The van der Waals surface area contributed by atoms with Crippen molar-refractivity contribution in [2.24, 2.45) is 0 Å². The van der Waals surface area contributed by atoms with Crippen LogP contribution in [0.15, 0.2) is 30.3 Å². The molecule has 0 radical (unpaired) electrons. The van der Waals surface area contributed by atoms with Gasteiger partial charge in [-0.05, 0) is 52.9 Å². The molecule has 0 aliphatic carbocycles. The van der Waals surface area contributed by atoms with Crippen LogP contribution in [0.25, 0.3) is 11.3 Å². The van der Waals surface area contributed by atoms with E-state index < -0.39 is 0 Å². The minimum Gasteiger partial charge on any atom is -0.272 e. The Morgan fingerprint density at radius 2 is 1.92 bits per heavy atom. The van der Waals surface area contributed by atoms with Crippen LogP contribution in [-0.4, -0.2) is 10.2 Å². The molecule has 13 heavy (non-hydrogen) atoms. The molecule has 1 aromatic heterocycles. The minimum absolute atomic E-state index is 0.228. The van der Waals surface area contributed by atoms with E-state index in [1.807, 2.05) is 6.07 Å². The zero-order valence-electron chi connectivity index (χ0n) is 6.59. The van der Waals surface area contributed by atoms with Crippen molar-refractivity contribution in [1.29, 1.82) is 0 Å². The van der Waals surface area contributed by atoms with E-state index >= 15 is 0 Å². The van der Waals surface area contributed by atoms with E-state index in [0.29, 0.717) is 0 Å². The third kappa shape index (κ3) is 1.88. The maximum Gasteiger partial charge on any atom is 0.123 e. The second kappa shape index (κ2) is 3.45. The predicted octanol–water partition coefficient (Wildman–Crippen LogP) is 2.82. The Labute approximate surface area is 88.3 Å². The van der Waals surface area contributed by atoms with E-state index in [1.54, 1.807) is 12.1 Å². The summed E-state index contributed by atoms with van der Waals surface area (Å²) in [6.45, 7) is 0. The Hall–Kier alpha value is -0.910. The summed E-state index contributed by atoms with van der Waals surface area (Å²) in [5, 5.41) is 6.89. The highest BCUT2D eigenvalue weighted by Gasteiger charge is 2.01. The maximum atomic E-state index is 12.6. The number of aromatic amines is 1. The lowest BCUT2D eigenvalue weighted by Crippen LogP contribution is -1.78. The van der Waals surface area contributed by atoms with Crippen LogP contribution < -0.4 is 0 Å². The lowest BCUT2D eigenvalue weighted by molar-refractivity contribution is 0.628. The summed E-state index contributed by atoms with van der Waals surface area (Å²) >= 11 is 2.14. The highest BCUT2D eigenvalue weighted by molar-refractivity contribution is 14.1. The lowest BCUT2D eigenvalue weighted by Gasteiger charge is -1.93. The Morgan fingerprint density at radius 1 is 1.23 bits per heavy atom. The molecule has 0 aliphatic rings. The Morgan fingerprint density at radius 3 is 2.46 bits per heavy atom. The van der Waals surface area contributed by atoms with E-state index in [4.69, 9.17) is 0 Å². The van der Waals surface area contributed by atoms with Gasteiger partial charge in [-0.3, -0.25) is 5.10 Å². The van der Waals surface area contributed by atoms with Crippen molar-refractivity contribution < 1.29 is 4.39 Å². The Balaban J connectivity index is 2.41. The average Bonchev–Trinajstić information content (AvgIpc) is 2.53. The zero-order valence-corrected chi connectivity index (χ0v) is 8.75. The van der Waals surface area contributed by atoms with Gasteiger partial charge in [-0.25, -0.2) is 4.39 Å². The second-order valence-electron chi connectivity index (χ2n) is 2.61. The summed E-state index contributed by atoms with van der Waals surface area (Å²) < 4.78 is 13.5. The molecule has 0 aliphatic heterocycles. The fourth-order valence-corrected chi connectivity index (χ4v) is 1.48. The molecule has 0 atom stereocenters. The van der Waals surface area contributed by atoms with Crippen LogP contribution in [0.1, 0.15) is 0 Å². The molecule has 0 unspecified atom stereocenters. The van der Waals surface area contributed by atoms with Crippen LogP contribution in [0.2, 0.25) is 0 Å². The van der Waals surface area contributed by atoms with Gasteiger partial charge in [-0.15, -0.1) is 0 Å². The molecule has 0 spiro atoms. The summed E-state index contributed by atoms with van der Waals surface area (Å²) in [6.07, 6.45) is 0. The van der Waals surface area contributed by atoms with Crippen LogP contribution >= 0.6 is 22.6 Å². The van der Waals surface area contributed by atoms with Gasteiger partial charge in [-0.2, -0.15) is 5.10 Å². The van der Waals surface area contributed by atoms with Crippen molar-refractivity contribution in [2.45, 2.75) is 0 Å². The van der Waals surface area contributed by atoms with Crippen LogP contribution in [-0.2, 0) is 0 Å². The third-order valence-corrected chi connectivity index (χ3v) is 2.24. The molecule has 1 N–H and O–H groups in total. The SMILES string of the molecule is Fc1ccc(-c2cc(I)[nH]n2)cc1. The van der Waals surface area contributed by atoms with Crippen LogP contribution in [0, 0.1) is 9.52 Å². The van der Waals surface area contributed by atoms with E-state index in [0.717, 1.165) is 15.0 Å². The van der Waals surface area contributed by atoms with Crippen molar-refractivity contribution in [2.75, 3.05) is 0 Å². The monoisotopic (exact) mass is 288 g/mol.